The van der Waals surface area contributed by atoms with E-state index in [1.165, 1.54) is 7.11 Å². The molecule has 1 aliphatic carbocycles. The van der Waals surface area contributed by atoms with E-state index >= 15 is 0 Å². The van der Waals surface area contributed by atoms with E-state index in [0.717, 1.165) is 11.3 Å². The second-order valence-electron chi connectivity index (χ2n) is 7.32. The lowest BCUT2D eigenvalue weighted by atomic mass is 10.3. The molecule has 0 unspecified atom stereocenters. The van der Waals surface area contributed by atoms with Gasteiger partial charge in [0.1, 0.15) is 10.6 Å². The van der Waals surface area contributed by atoms with Gasteiger partial charge in [-0.05, 0) is 6.92 Å². The molecule has 0 aromatic carbocycles. The zero-order valence-corrected chi connectivity index (χ0v) is 18.3. The average Bonchev–Trinajstić information content (AvgIpc) is 3.07. The first kappa shape index (κ1) is 21.0. The number of fused-ring (bicyclic) bond motifs is 1. The van der Waals surface area contributed by atoms with E-state index in [9.17, 15) is 14.4 Å². The van der Waals surface area contributed by atoms with Crippen molar-refractivity contribution >= 4 is 57.5 Å². The van der Waals surface area contributed by atoms with Crippen LogP contribution in [0.5, 0.6) is 0 Å². The van der Waals surface area contributed by atoms with Gasteiger partial charge in [-0.25, -0.2) is 9.78 Å². The summed E-state index contributed by atoms with van der Waals surface area (Å²) in [5, 5.41) is 13.2. The lowest BCUT2D eigenvalue weighted by molar-refractivity contribution is -0.136. The Kier molecular flexibility index (Phi) is 5.41. The third-order valence-corrected chi connectivity index (χ3v) is 7.50. The molecule has 1 aliphatic heterocycles. The molecule has 3 atom stereocenters. The second kappa shape index (κ2) is 7.75. The average molecular weight is 473 g/mol. The minimum Gasteiger partial charge on any atom is -0.481 e. The fraction of sp³-hybridized carbons (Fsp3) is 0.444. The SMILES string of the molecule is COC(=O)c1sc(N2C[C@@H]3[C@H](C2)[C@@H]3NC(=O)c2[nH]c(C)c(Cl)c2Cl)nc1CC(=O)O. The van der Waals surface area contributed by atoms with Crippen LogP contribution in [0.2, 0.25) is 10.0 Å². The van der Waals surface area contributed by atoms with Gasteiger partial charge in [-0.15, -0.1) is 0 Å². The van der Waals surface area contributed by atoms with Crippen LogP contribution in [0.15, 0.2) is 0 Å². The summed E-state index contributed by atoms with van der Waals surface area (Å²) in [6, 6.07) is 0.0192. The molecule has 9 nitrogen and oxygen atoms in total. The highest BCUT2D eigenvalue weighted by Crippen LogP contribution is 2.48. The molecule has 1 saturated carbocycles. The monoisotopic (exact) mass is 472 g/mol. The van der Waals surface area contributed by atoms with Gasteiger partial charge >= 0.3 is 11.9 Å². The maximum atomic E-state index is 12.5. The number of thiazole rings is 1. The summed E-state index contributed by atoms with van der Waals surface area (Å²) >= 11 is 13.3. The van der Waals surface area contributed by atoms with Crippen molar-refractivity contribution in [3.05, 3.63) is 32.0 Å². The molecule has 1 saturated heterocycles. The summed E-state index contributed by atoms with van der Waals surface area (Å²) in [7, 11) is 1.25. The van der Waals surface area contributed by atoms with Crippen LogP contribution >= 0.6 is 34.5 Å². The fourth-order valence-electron chi connectivity index (χ4n) is 3.84. The summed E-state index contributed by atoms with van der Waals surface area (Å²) in [5.41, 5.74) is 1.09. The predicted molar refractivity (Wildman–Crippen MR) is 111 cm³/mol. The Morgan fingerprint density at radius 3 is 2.50 bits per heavy atom. The molecule has 2 aliphatic rings. The molecule has 4 rings (SSSR count). The molecule has 0 radical (unpaired) electrons. The number of carbonyl (C=O) groups is 3. The largest absolute Gasteiger partial charge is 0.481 e. The standard InChI is InChI=1S/C18H18Cl2N4O5S/c1-6-11(19)12(20)14(21-6)16(27)23-13-7-4-24(5-8(7)13)18-22-9(3-10(25)26)15(30-18)17(28)29-2/h7-8,13,21H,3-5H2,1-2H3,(H,23,27)(H,25,26)/t7-,8+,13-. The molecule has 2 aromatic rings. The number of hydrogen-bond donors (Lipinski definition) is 3. The number of nitrogens with zero attached hydrogens (tertiary/aromatic N) is 2. The van der Waals surface area contributed by atoms with Crippen molar-refractivity contribution in [1.82, 2.24) is 15.3 Å². The number of halogens is 2. The van der Waals surface area contributed by atoms with Crippen molar-refractivity contribution in [2.45, 2.75) is 19.4 Å². The van der Waals surface area contributed by atoms with Crippen LogP contribution in [0.3, 0.4) is 0 Å². The van der Waals surface area contributed by atoms with E-state index < -0.39 is 11.9 Å². The van der Waals surface area contributed by atoms with Crippen molar-refractivity contribution in [3.63, 3.8) is 0 Å². The molecular formula is C18H18Cl2N4O5S. The summed E-state index contributed by atoms with van der Waals surface area (Å²) in [6.07, 6.45) is -0.348. The van der Waals surface area contributed by atoms with Crippen molar-refractivity contribution < 1.29 is 24.2 Å². The highest BCUT2D eigenvalue weighted by Gasteiger charge is 2.57. The van der Waals surface area contributed by atoms with Gasteiger partial charge in [0.05, 0.1) is 29.3 Å². The van der Waals surface area contributed by atoms with Gasteiger partial charge in [-0.2, -0.15) is 0 Å². The Morgan fingerprint density at radius 1 is 1.30 bits per heavy atom. The molecule has 2 fully saturated rings. The number of amides is 1. The zero-order chi connectivity index (χ0) is 21.7. The van der Waals surface area contributed by atoms with E-state index in [2.05, 4.69) is 15.3 Å². The maximum absolute atomic E-state index is 12.5. The number of H-pyrrole nitrogens is 1. The molecule has 1 amide bonds. The predicted octanol–water partition coefficient (Wildman–Crippen LogP) is 2.36. The van der Waals surface area contributed by atoms with Gasteiger partial charge in [0.25, 0.3) is 5.91 Å². The van der Waals surface area contributed by atoms with Crippen molar-refractivity contribution in [3.8, 4) is 0 Å². The van der Waals surface area contributed by atoms with Crippen LogP contribution in [0.4, 0.5) is 5.13 Å². The second-order valence-corrected chi connectivity index (χ2v) is 9.05. The number of carboxylic acid groups (broad SMARTS) is 1. The maximum Gasteiger partial charge on any atom is 0.350 e. The highest BCUT2D eigenvalue weighted by molar-refractivity contribution is 7.17. The lowest BCUT2D eigenvalue weighted by Crippen LogP contribution is -2.34. The molecule has 0 spiro atoms. The van der Waals surface area contributed by atoms with E-state index in [1.54, 1.807) is 6.92 Å². The summed E-state index contributed by atoms with van der Waals surface area (Å²) in [4.78, 5) is 45.0. The Morgan fingerprint density at radius 2 is 1.97 bits per heavy atom. The Labute approximate surface area is 185 Å². The van der Waals surface area contributed by atoms with Crippen LogP contribution in [0.25, 0.3) is 0 Å². The minimum absolute atomic E-state index is 0.0192. The summed E-state index contributed by atoms with van der Waals surface area (Å²) in [6.45, 7) is 3.03. The number of aromatic amines is 1. The van der Waals surface area contributed by atoms with Gasteiger partial charge < -0.3 is 25.0 Å². The number of carbonyl (C=O) groups excluding carboxylic acids is 2. The number of hydrogen-bond acceptors (Lipinski definition) is 7. The Hall–Kier alpha value is -2.30. The number of anilines is 1. The number of piperidine rings is 1. The summed E-state index contributed by atoms with van der Waals surface area (Å²) < 4.78 is 4.74. The van der Waals surface area contributed by atoms with Gasteiger partial charge in [0, 0.05) is 36.7 Å². The number of nitrogens with one attached hydrogen (secondary N) is 2. The molecule has 2 aromatic heterocycles. The van der Waals surface area contributed by atoms with Gasteiger partial charge in [0.15, 0.2) is 5.13 Å². The van der Waals surface area contributed by atoms with Crippen molar-refractivity contribution in [1.29, 1.82) is 0 Å². The zero-order valence-electron chi connectivity index (χ0n) is 16.0. The molecule has 12 heteroatoms. The molecular weight excluding hydrogens is 455 g/mol. The van der Waals surface area contributed by atoms with Gasteiger partial charge in [-0.3, -0.25) is 9.59 Å². The molecule has 30 heavy (non-hydrogen) atoms. The van der Waals surface area contributed by atoms with Crippen molar-refractivity contribution in [2.24, 2.45) is 11.8 Å². The topological polar surface area (TPSA) is 125 Å². The van der Waals surface area contributed by atoms with E-state index in [4.69, 9.17) is 33.0 Å². The third kappa shape index (κ3) is 3.63. The molecule has 0 bridgehead atoms. The van der Waals surface area contributed by atoms with Gasteiger partial charge in [-0.1, -0.05) is 34.5 Å². The first-order valence-electron chi connectivity index (χ1n) is 9.10. The van der Waals surface area contributed by atoms with Crippen LogP contribution in [0.1, 0.15) is 31.5 Å². The lowest BCUT2D eigenvalue weighted by Gasteiger charge is -2.19. The fourth-order valence-corrected chi connectivity index (χ4v) is 5.27. The van der Waals surface area contributed by atoms with E-state index in [-0.39, 0.29) is 51.5 Å². The van der Waals surface area contributed by atoms with E-state index in [1.807, 2.05) is 4.90 Å². The number of aryl methyl sites for hydroxylation is 1. The van der Waals surface area contributed by atoms with Crippen LogP contribution < -0.4 is 10.2 Å². The Balaban J connectivity index is 1.41. The first-order chi connectivity index (χ1) is 14.2. The summed E-state index contributed by atoms with van der Waals surface area (Å²) in [5.74, 6) is -1.48. The third-order valence-electron chi connectivity index (χ3n) is 5.42. The smallest absolute Gasteiger partial charge is 0.350 e. The molecule has 3 N–H and O–H groups in total. The van der Waals surface area contributed by atoms with Crippen molar-refractivity contribution in [2.75, 3.05) is 25.1 Å². The van der Waals surface area contributed by atoms with Crippen LogP contribution in [-0.2, 0) is 16.0 Å². The number of aliphatic carboxylic acids is 1. The van der Waals surface area contributed by atoms with Crippen LogP contribution in [0, 0.1) is 18.8 Å². The number of rotatable bonds is 6. The first-order valence-corrected chi connectivity index (χ1v) is 10.7. The number of aromatic nitrogens is 2. The Bertz CT molecular complexity index is 1040. The van der Waals surface area contributed by atoms with Gasteiger partial charge in [0.2, 0.25) is 0 Å². The number of carboxylic acids is 1. The van der Waals surface area contributed by atoms with E-state index in [0.29, 0.717) is 28.9 Å². The number of esters is 1. The highest BCUT2D eigenvalue weighted by atomic mass is 35.5. The molecule has 3 heterocycles. The normalized spacial score (nSPS) is 22.0. The number of methoxy groups -OCH3 is 1. The minimum atomic E-state index is -1.07. The quantitative estimate of drug-likeness (QED) is 0.551. The molecule has 160 valence electrons. The van der Waals surface area contributed by atoms with Crippen LogP contribution in [-0.4, -0.2) is 59.2 Å². The number of ether oxygens (including phenoxy) is 1.